The summed E-state index contributed by atoms with van der Waals surface area (Å²) in [5, 5.41) is 12.4. The Bertz CT molecular complexity index is 577. The Kier molecular flexibility index (Phi) is 28.2. The van der Waals surface area contributed by atoms with E-state index in [1.807, 2.05) is 0 Å². The molecule has 0 aromatic heterocycles. The zero-order valence-electron chi connectivity index (χ0n) is 19.9. The molecule has 6 amide bonds. The molecule has 0 unspecified atom stereocenters. The summed E-state index contributed by atoms with van der Waals surface area (Å²) in [6.45, 7) is 10.1. The smallest absolute Gasteiger partial charge is 0.339 e. The highest BCUT2D eigenvalue weighted by Crippen LogP contribution is 1.96. The fourth-order valence-electron chi connectivity index (χ4n) is 1.75. The second kappa shape index (κ2) is 23.2. The Hall–Kier alpha value is -3.43. The number of nitrogens with zero attached hydrogens (tertiary/aromatic N) is 2. The Balaban J connectivity index is -0.000000132. The Morgan fingerprint density at radius 1 is 0.606 bits per heavy atom. The summed E-state index contributed by atoms with van der Waals surface area (Å²) in [5.74, 6) is -2.46. The molecule has 194 valence electrons. The van der Waals surface area contributed by atoms with Crippen LogP contribution >= 0.6 is 0 Å². The van der Waals surface area contributed by atoms with Crippen molar-refractivity contribution in [2.24, 2.45) is 0 Å². The number of nitrogens with one attached hydrogen (secondary N) is 2. The van der Waals surface area contributed by atoms with Gasteiger partial charge in [0.05, 0.1) is 0 Å². The summed E-state index contributed by atoms with van der Waals surface area (Å²) >= 11 is 0. The van der Waals surface area contributed by atoms with E-state index in [0.717, 1.165) is 16.7 Å². The SMILES string of the molecule is CC(=O)N(CCN(C(C)=O)C(C)=O)C(C)=O.CC(=O)NCCNC(C)=O.CC(=O)OO.O.O. The molecule has 33 heavy (non-hydrogen) atoms. The van der Waals surface area contributed by atoms with Gasteiger partial charge in [-0.1, -0.05) is 0 Å². The van der Waals surface area contributed by atoms with Crippen LogP contribution in [-0.4, -0.2) is 93.6 Å². The molecule has 0 atom stereocenters. The van der Waals surface area contributed by atoms with E-state index < -0.39 is 29.6 Å². The lowest BCUT2D eigenvalue weighted by atomic mass is 10.4. The maximum Gasteiger partial charge on any atom is 0.339 e. The molecule has 0 saturated carbocycles. The number of rotatable bonds is 6. The number of hydrogen-bond acceptors (Lipinski definition) is 9. The van der Waals surface area contributed by atoms with Crippen LogP contribution < -0.4 is 10.6 Å². The van der Waals surface area contributed by atoms with Crippen molar-refractivity contribution in [2.75, 3.05) is 26.2 Å². The van der Waals surface area contributed by atoms with Crippen LogP contribution in [0.5, 0.6) is 0 Å². The molecule has 0 aliphatic rings. The maximum atomic E-state index is 11.1. The van der Waals surface area contributed by atoms with Crippen LogP contribution in [-0.2, 0) is 38.4 Å². The van der Waals surface area contributed by atoms with E-state index in [1.54, 1.807) is 0 Å². The highest BCUT2D eigenvalue weighted by atomic mass is 17.1. The lowest BCUT2D eigenvalue weighted by Gasteiger charge is -2.22. The van der Waals surface area contributed by atoms with Gasteiger partial charge in [0.25, 0.3) is 0 Å². The zero-order chi connectivity index (χ0) is 25.1. The predicted molar refractivity (Wildman–Crippen MR) is 115 cm³/mol. The van der Waals surface area contributed by atoms with Crippen molar-refractivity contribution in [2.45, 2.75) is 48.5 Å². The Morgan fingerprint density at radius 2 is 0.818 bits per heavy atom. The minimum Gasteiger partial charge on any atom is -0.412 e. The van der Waals surface area contributed by atoms with Crippen LogP contribution in [0.25, 0.3) is 0 Å². The average Bonchev–Trinajstić information content (AvgIpc) is 2.61. The second-order valence-electron chi connectivity index (χ2n) is 5.93. The van der Waals surface area contributed by atoms with Crippen molar-refractivity contribution in [3.05, 3.63) is 0 Å². The van der Waals surface area contributed by atoms with E-state index in [2.05, 4.69) is 15.5 Å². The van der Waals surface area contributed by atoms with Gasteiger partial charge in [0.2, 0.25) is 35.4 Å². The highest BCUT2D eigenvalue weighted by molar-refractivity contribution is 5.94. The first-order valence-electron chi connectivity index (χ1n) is 9.05. The molecule has 0 bridgehead atoms. The van der Waals surface area contributed by atoms with Gasteiger partial charge in [-0.05, 0) is 0 Å². The summed E-state index contributed by atoms with van der Waals surface area (Å²) in [4.78, 5) is 79.2. The molecule has 7 N–H and O–H groups in total. The minimum absolute atomic E-state index is 0. The second-order valence-corrected chi connectivity index (χ2v) is 5.93. The van der Waals surface area contributed by atoms with Crippen LogP contribution in [0.15, 0.2) is 0 Å². The zero-order valence-corrected chi connectivity index (χ0v) is 19.9. The molecule has 0 spiro atoms. The van der Waals surface area contributed by atoms with Crippen LogP contribution in [0.1, 0.15) is 48.5 Å². The monoisotopic (exact) mass is 484 g/mol. The van der Waals surface area contributed by atoms with Crippen molar-refractivity contribution in [1.29, 1.82) is 0 Å². The molecule has 0 aliphatic heterocycles. The van der Waals surface area contributed by atoms with Crippen LogP contribution in [0, 0.1) is 0 Å². The summed E-state index contributed by atoms with van der Waals surface area (Å²) in [7, 11) is 0. The van der Waals surface area contributed by atoms with Crippen molar-refractivity contribution in [3.63, 3.8) is 0 Å². The number of imide groups is 2. The number of carbonyl (C=O) groups is 7. The third-order valence-electron chi connectivity index (χ3n) is 3.07. The fraction of sp³-hybridized carbons (Fsp3) is 0.611. The van der Waals surface area contributed by atoms with Gasteiger partial charge in [0, 0.05) is 74.6 Å². The Morgan fingerprint density at radius 3 is 0.939 bits per heavy atom. The summed E-state index contributed by atoms with van der Waals surface area (Å²) in [5.41, 5.74) is 0. The first kappa shape index (κ1) is 40.0. The van der Waals surface area contributed by atoms with Crippen LogP contribution in [0.3, 0.4) is 0 Å². The van der Waals surface area contributed by atoms with E-state index in [9.17, 15) is 33.6 Å². The number of amides is 6. The third kappa shape index (κ3) is 28.6. The topological polar surface area (TPSA) is 242 Å². The molecule has 0 rings (SSSR count). The van der Waals surface area contributed by atoms with Crippen molar-refractivity contribution >= 4 is 41.4 Å². The van der Waals surface area contributed by atoms with Crippen LogP contribution in [0.4, 0.5) is 0 Å². The van der Waals surface area contributed by atoms with Gasteiger partial charge < -0.3 is 26.5 Å². The number of carbonyl (C=O) groups excluding carboxylic acids is 7. The quantitative estimate of drug-likeness (QED) is 0.203. The molecular weight excluding hydrogens is 448 g/mol. The van der Waals surface area contributed by atoms with E-state index in [0.29, 0.717) is 13.1 Å². The molecule has 0 radical (unpaired) electrons. The van der Waals surface area contributed by atoms with Gasteiger partial charge >= 0.3 is 5.97 Å². The average molecular weight is 485 g/mol. The number of hydrogen-bond donors (Lipinski definition) is 3. The summed E-state index contributed by atoms with van der Waals surface area (Å²) < 4.78 is 0. The Labute approximate surface area is 192 Å². The van der Waals surface area contributed by atoms with Gasteiger partial charge in [0.1, 0.15) is 0 Å². The molecular formula is C18H36N4O11. The molecule has 15 heteroatoms. The van der Waals surface area contributed by atoms with Crippen molar-refractivity contribution < 1.29 is 54.7 Å². The summed E-state index contributed by atoms with van der Waals surface area (Å²) in [6.07, 6.45) is 0. The van der Waals surface area contributed by atoms with E-state index in [4.69, 9.17) is 5.26 Å². The van der Waals surface area contributed by atoms with Crippen LogP contribution in [0.2, 0.25) is 0 Å². The van der Waals surface area contributed by atoms with Crippen molar-refractivity contribution in [3.8, 4) is 0 Å². The summed E-state index contributed by atoms with van der Waals surface area (Å²) in [6, 6.07) is 0. The lowest BCUT2D eigenvalue weighted by Crippen LogP contribution is -2.43. The van der Waals surface area contributed by atoms with Gasteiger partial charge in [-0.3, -0.25) is 38.6 Å². The predicted octanol–water partition coefficient (Wildman–Crippen LogP) is -2.59. The normalized spacial score (nSPS) is 8.24. The highest BCUT2D eigenvalue weighted by Gasteiger charge is 2.18. The van der Waals surface area contributed by atoms with E-state index in [1.165, 1.54) is 41.5 Å². The van der Waals surface area contributed by atoms with E-state index >= 15 is 0 Å². The molecule has 0 heterocycles. The van der Waals surface area contributed by atoms with Gasteiger partial charge in [-0.2, -0.15) is 5.26 Å². The van der Waals surface area contributed by atoms with Gasteiger partial charge in [-0.25, -0.2) is 4.79 Å². The molecule has 15 nitrogen and oxygen atoms in total. The molecule has 0 aliphatic carbocycles. The lowest BCUT2D eigenvalue weighted by molar-refractivity contribution is -0.231. The minimum atomic E-state index is -0.690. The van der Waals surface area contributed by atoms with Gasteiger partial charge in [-0.15, -0.1) is 0 Å². The maximum absolute atomic E-state index is 11.1. The first-order valence-corrected chi connectivity index (χ1v) is 9.05. The van der Waals surface area contributed by atoms with Crippen molar-refractivity contribution in [1.82, 2.24) is 20.4 Å². The largest absolute Gasteiger partial charge is 0.412 e. The van der Waals surface area contributed by atoms with Gasteiger partial charge in [0.15, 0.2) is 0 Å². The first-order chi connectivity index (χ1) is 14.2. The third-order valence-corrected chi connectivity index (χ3v) is 3.07. The van der Waals surface area contributed by atoms with E-state index in [-0.39, 0.29) is 35.9 Å². The molecule has 0 saturated heterocycles. The fourth-order valence-corrected chi connectivity index (χ4v) is 1.75. The standard InChI is InChI=1S/C10H16N2O4.C6H12N2O2.C2H4O3.2H2O/c1-7(13)11(8(2)14)5-6-12(9(3)15)10(4)16;1-5(9)7-3-4-8-6(2)10;1-2(3)5-4;;/h5-6H2,1-4H3;3-4H2,1-2H3,(H,7,9)(H,8,10);4H,1H3;2*1H2. The molecule has 0 fully saturated rings. The molecule has 0 aromatic rings. The molecule has 0 aromatic carbocycles.